The Morgan fingerprint density at radius 3 is 2.22 bits per heavy atom. The van der Waals surface area contributed by atoms with Crippen LogP contribution in [0.25, 0.3) is 0 Å². The Hall–Kier alpha value is -1.33. The van der Waals surface area contributed by atoms with Crippen LogP contribution in [0.5, 0.6) is 0 Å². The fraction of sp³-hybridized carbons (Fsp3) is 0.562. The first-order chi connectivity index (χ1) is 8.68. The minimum absolute atomic E-state index is 0.343. The Morgan fingerprint density at radius 2 is 1.72 bits per heavy atom. The third kappa shape index (κ3) is 2.73. The highest BCUT2D eigenvalue weighted by Gasteiger charge is 2.33. The van der Waals surface area contributed by atoms with Crippen molar-refractivity contribution in [2.75, 3.05) is 13.1 Å². The molecule has 0 aromatic heterocycles. The summed E-state index contributed by atoms with van der Waals surface area (Å²) in [5, 5.41) is 9.52. The fourth-order valence-corrected chi connectivity index (χ4v) is 2.72. The topological polar surface area (TPSA) is 27.0 Å². The quantitative estimate of drug-likeness (QED) is 0.811. The predicted molar refractivity (Wildman–Crippen MR) is 74.3 cm³/mol. The standard InChI is InChI=1S/C16H22N2/c1-3-14-6-8-15(9-7-14)12-16(2,13-17)18-10-4-5-11-18/h6-9H,3-5,10-12H2,1-2H3. The Balaban J connectivity index is 2.11. The summed E-state index contributed by atoms with van der Waals surface area (Å²) in [4.78, 5) is 2.33. The molecule has 1 aliphatic rings. The molecule has 0 bridgehead atoms. The molecule has 0 spiro atoms. The lowest BCUT2D eigenvalue weighted by atomic mass is 9.92. The van der Waals surface area contributed by atoms with Gasteiger partial charge in [0.2, 0.25) is 0 Å². The van der Waals surface area contributed by atoms with Gasteiger partial charge in [-0.1, -0.05) is 31.2 Å². The lowest BCUT2D eigenvalue weighted by Crippen LogP contribution is -2.45. The number of rotatable bonds is 4. The summed E-state index contributed by atoms with van der Waals surface area (Å²) in [5.74, 6) is 0. The molecule has 1 heterocycles. The first-order valence-corrected chi connectivity index (χ1v) is 6.92. The average Bonchev–Trinajstić information content (AvgIpc) is 2.94. The number of nitrogens with zero attached hydrogens (tertiary/aromatic N) is 2. The smallest absolute Gasteiger partial charge is 0.110 e. The van der Waals surface area contributed by atoms with Gasteiger partial charge in [-0.3, -0.25) is 4.90 Å². The number of benzene rings is 1. The zero-order chi connectivity index (χ0) is 13.0. The van der Waals surface area contributed by atoms with Crippen molar-refractivity contribution in [3.63, 3.8) is 0 Å². The molecule has 0 radical (unpaired) electrons. The molecule has 1 fully saturated rings. The molecule has 0 amide bonds. The van der Waals surface area contributed by atoms with E-state index in [0.29, 0.717) is 0 Å². The molecular weight excluding hydrogens is 220 g/mol. The monoisotopic (exact) mass is 242 g/mol. The van der Waals surface area contributed by atoms with Crippen molar-refractivity contribution < 1.29 is 0 Å². The summed E-state index contributed by atoms with van der Waals surface area (Å²) in [6, 6.07) is 11.2. The molecule has 1 aromatic rings. The van der Waals surface area contributed by atoms with Gasteiger partial charge >= 0.3 is 0 Å². The van der Waals surface area contributed by atoms with E-state index in [1.807, 2.05) is 0 Å². The third-order valence-electron chi connectivity index (χ3n) is 4.02. The van der Waals surface area contributed by atoms with Crippen molar-refractivity contribution in [1.29, 1.82) is 5.26 Å². The molecule has 1 atom stereocenters. The minimum atomic E-state index is -0.343. The lowest BCUT2D eigenvalue weighted by Gasteiger charge is -2.32. The Labute approximate surface area is 110 Å². The summed E-state index contributed by atoms with van der Waals surface area (Å²) < 4.78 is 0. The SMILES string of the molecule is CCc1ccc(CC(C)(C#N)N2CCCC2)cc1. The summed E-state index contributed by atoms with van der Waals surface area (Å²) in [7, 11) is 0. The highest BCUT2D eigenvalue weighted by atomic mass is 15.2. The van der Waals surface area contributed by atoms with Crippen molar-refractivity contribution in [3.8, 4) is 6.07 Å². The highest BCUT2D eigenvalue weighted by Crippen LogP contribution is 2.25. The number of nitriles is 1. The first-order valence-electron chi connectivity index (χ1n) is 6.92. The molecule has 1 saturated heterocycles. The van der Waals surface area contributed by atoms with Gasteiger partial charge in [-0.15, -0.1) is 0 Å². The summed E-state index contributed by atoms with van der Waals surface area (Å²) in [6.45, 7) is 6.37. The van der Waals surface area contributed by atoms with Gasteiger partial charge < -0.3 is 0 Å². The van der Waals surface area contributed by atoms with E-state index in [2.05, 4.69) is 49.1 Å². The normalized spacial score (nSPS) is 19.4. The second-order valence-electron chi connectivity index (χ2n) is 5.43. The largest absolute Gasteiger partial charge is 0.285 e. The van der Waals surface area contributed by atoms with Crippen LogP contribution in [0.2, 0.25) is 0 Å². The van der Waals surface area contributed by atoms with Crippen LogP contribution in [0.3, 0.4) is 0 Å². The van der Waals surface area contributed by atoms with E-state index in [1.54, 1.807) is 0 Å². The molecular formula is C16H22N2. The number of aryl methyl sites for hydroxylation is 1. The van der Waals surface area contributed by atoms with Crippen LogP contribution in [0.4, 0.5) is 0 Å². The van der Waals surface area contributed by atoms with E-state index in [9.17, 15) is 5.26 Å². The van der Waals surface area contributed by atoms with E-state index in [-0.39, 0.29) is 5.54 Å². The number of likely N-dealkylation sites (tertiary alicyclic amines) is 1. The molecule has 0 aliphatic carbocycles. The molecule has 1 aromatic carbocycles. The summed E-state index contributed by atoms with van der Waals surface area (Å²) in [6.07, 6.45) is 4.35. The van der Waals surface area contributed by atoms with E-state index in [1.165, 1.54) is 24.0 Å². The molecule has 1 unspecified atom stereocenters. The second-order valence-corrected chi connectivity index (χ2v) is 5.43. The van der Waals surface area contributed by atoms with Gasteiger partial charge in [-0.25, -0.2) is 0 Å². The van der Waals surface area contributed by atoms with Gasteiger partial charge in [0.15, 0.2) is 0 Å². The van der Waals surface area contributed by atoms with E-state index in [4.69, 9.17) is 0 Å². The van der Waals surface area contributed by atoms with Gasteiger partial charge in [0.25, 0.3) is 0 Å². The zero-order valence-corrected chi connectivity index (χ0v) is 11.4. The third-order valence-corrected chi connectivity index (χ3v) is 4.02. The fourth-order valence-electron chi connectivity index (χ4n) is 2.72. The molecule has 0 N–H and O–H groups in total. The Bertz CT molecular complexity index is 423. The van der Waals surface area contributed by atoms with Gasteiger partial charge in [0.1, 0.15) is 5.54 Å². The van der Waals surface area contributed by atoms with Crippen LogP contribution in [0.15, 0.2) is 24.3 Å². The van der Waals surface area contributed by atoms with Crippen LogP contribution in [0, 0.1) is 11.3 Å². The summed E-state index contributed by atoms with van der Waals surface area (Å²) in [5.41, 5.74) is 2.28. The summed E-state index contributed by atoms with van der Waals surface area (Å²) >= 11 is 0. The van der Waals surface area contributed by atoms with Crippen LogP contribution >= 0.6 is 0 Å². The molecule has 2 heteroatoms. The second kappa shape index (κ2) is 5.54. The average molecular weight is 242 g/mol. The van der Waals surface area contributed by atoms with Crippen molar-refractivity contribution in [1.82, 2.24) is 4.90 Å². The Kier molecular flexibility index (Phi) is 4.04. The van der Waals surface area contributed by atoms with E-state index < -0.39 is 0 Å². The molecule has 2 nitrogen and oxygen atoms in total. The van der Waals surface area contributed by atoms with E-state index >= 15 is 0 Å². The van der Waals surface area contributed by atoms with Crippen molar-refractivity contribution in [2.24, 2.45) is 0 Å². The van der Waals surface area contributed by atoms with Gasteiger partial charge in [-0.2, -0.15) is 5.26 Å². The molecule has 0 saturated carbocycles. The van der Waals surface area contributed by atoms with Gasteiger partial charge in [0.05, 0.1) is 6.07 Å². The maximum Gasteiger partial charge on any atom is 0.110 e. The van der Waals surface area contributed by atoms with Crippen LogP contribution < -0.4 is 0 Å². The zero-order valence-electron chi connectivity index (χ0n) is 11.4. The maximum atomic E-state index is 9.52. The first kappa shape index (κ1) is 13.1. The van der Waals surface area contributed by atoms with Gasteiger partial charge in [-0.05, 0) is 50.4 Å². The number of hydrogen-bond acceptors (Lipinski definition) is 2. The van der Waals surface area contributed by atoms with Crippen molar-refractivity contribution in [3.05, 3.63) is 35.4 Å². The predicted octanol–water partition coefficient (Wildman–Crippen LogP) is 3.17. The highest BCUT2D eigenvalue weighted by molar-refractivity contribution is 5.26. The maximum absolute atomic E-state index is 9.52. The van der Waals surface area contributed by atoms with Gasteiger partial charge in [0, 0.05) is 6.42 Å². The lowest BCUT2D eigenvalue weighted by molar-refractivity contribution is 0.191. The van der Waals surface area contributed by atoms with Crippen molar-refractivity contribution in [2.45, 2.75) is 45.1 Å². The number of hydrogen-bond donors (Lipinski definition) is 0. The molecule has 1 aliphatic heterocycles. The van der Waals surface area contributed by atoms with Crippen molar-refractivity contribution >= 4 is 0 Å². The van der Waals surface area contributed by atoms with Crippen LogP contribution in [-0.4, -0.2) is 23.5 Å². The minimum Gasteiger partial charge on any atom is -0.285 e. The Morgan fingerprint density at radius 1 is 1.17 bits per heavy atom. The molecule has 18 heavy (non-hydrogen) atoms. The van der Waals surface area contributed by atoms with E-state index in [0.717, 1.165) is 25.9 Å². The van der Waals surface area contributed by atoms with Crippen LogP contribution in [0.1, 0.15) is 37.8 Å². The molecule has 2 rings (SSSR count). The molecule has 96 valence electrons. The van der Waals surface area contributed by atoms with Crippen LogP contribution in [-0.2, 0) is 12.8 Å².